The van der Waals surface area contributed by atoms with Gasteiger partial charge in [0.25, 0.3) is 11.6 Å². The minimum absolute atomic E-state index is 0.00834. The molecule has 142 valence electrons. The van der Waals surface area contributed by atoms with Gasteiger partial charge in [0.15, 0.2) is 0 Å². The summed E-state index contributed by atoms with van der Waals surface area (Å²) in [6.07, 6.45) is -0.606. The molecule has 2 rings (SSSR count). The smallest absolute Gasteiger partial charge is 0.412 e. The maximum absolute atomic E-state index is 12.3. The van der Waals surface area contributed by atoms with Crippen LogP contribution in [0.2, 0.25) is 0 Å². The third-order valence-electron chi connectivity index (χ3n) is 3.37. The Morgan fingerprint density at radius 1 is 1.11 bits per heavy atom. The van der Waals surface area contributed by atoms with Crippen molar-refractivity contribution >= 4 is 23.4 Å². The number of nitrogens with zero attached hydrogens (tertiary/aromatic N) is 1. The quantitative estimate of drug-likeness (QED) is 0.612. The molecule has 8 nitrogen and oxygen atoms in total. The first-order chi connectivity index (χ1) is 12.6. The summed E-state index contributed by atoms with van der Waals surface area (Å²) in [6.45, 7) is 5.50. The van der Waals surface area contributed by atoms with E-state index in [4.69, 9.17) is 4.74 Å². The fourth-order valence-electron chi connectivity index (χ4n) is 2.18. The number of non-ortho nitro benzene ring substituents is 1. The lowest BCUT2D eigenvalue weighted by Crippen LogP contribution is -2.27. The minimum Gasteiger partial charge on any atom is -0.444 e. The number of anilines is 1. The highest BCUT2D eigenvalue weighted by molar-refractivity contribution is 5.96. The highest BCUT2D eigenvalue weighted by Crippen LogP contribution is 2.15. The Morgan fingerprint density at radius 3 is 2.37 bits per heavy atom. The maximum atomic E-state index is 12.3. The molecule has 0 aromatic heterocycles. The standard InChI is InChI=1S/C19H21N3O5/c1-19(2,3)27-18(24)21-15-6-4-5-14(11-15)17(23)20-12-13-7-9-16(10-8-13)22(25)26/h4-11H,12H2,1-3H3,(H,20,23)(H,21,24). The molecule has 2 amide bonds. The van der Waals surface area contributed by atoms with Gasteiger partial charge in [-0.25, -0.2) is 4.79 Å². The summed E-state index contributed by atoms with van der Waals surface area (Å²) in [5, 5.41) is 16.0. The Morgan fingerprint density at radius 2 is 1.78 bits per heavy atom. The van der Waals surface area contributed by atoms with Crippen molar-refractivity contribution in [1.82, 2.24) is 5.32 Å². The van der Waals surface area contributed by atoms with E-state index in [2.05, 4.69) is 10.6 Å². The Labute approximate surface area is 156 Å². The predicted molar refractivity (Wildman–Crippen MR) is 101 cm³/mol. The highest BCUT2D eigenvalue weighted by Gasteiger charge is 2.16. The number of carbonyl (C=O) groups excluding carboxylic acids is 2. The van der Waals surface area contributed by atoms with E-state index in [9.17, 15) is 19.7 Å². The second kappa shape index (κ2) is 8.31. The SMILES string of the molecule is CC(C)(C)OC(=O)Nc1cccc(C(=O)NCc2ccc([N+](=O)[O-])cc2)c1. The molecule has 0 spiro atoms. The topological polar surface area (TPSA) is 111 Å². The molecule has 2 aromatic carbocycles. The van der Waals surface area contributed by atoms with Crippen molar-refractivity contribution in [3.63, 3.8) is 0 Å². The van der Waals surface area contributed by atoms with Crippen LogP contribution in [0.5, 0.6) is 0 Å². The Hall–Kier alpha value is -3.42. The van der Waals surface area contributed by atoms with Gasteiger partial charge in [0.1, 0.15) is 5.60 Å². The van der Waals surface area contributed by atoms with Crippen LogP contribution in [0.3, 0.4) is 0 Å². The first kappa shape index (κ1) is 19.9. The van der Waals surface area contributed by atoms with Gasteiger partial charge in [0, 0.05) is 29.9 Å². The molecule has 0 fully saturated rings. The van der Waals surface area contributed by atoms with Gasteiger partial charge in [0.2, 0.25) is 0 Å². The van der Waals surface area contributed by atoms with Crippen LogP contribution in [0.1, 0.15) is 36.7 Å². The van der Waals surface area contributed by atoms with Crippen molar-refractivity contribution in [2.45, 2.75) is 32.9 Å². The number of amides is 2. The lowest BCUT2D eigenvalue weighted by molar-refractivity contribution is -0.384. The molecule has 0 atom stereocenters. The summed E-state index contributed by atoms with van der Waals surface area (Å²) in [5.74, 6) is -0.332. The molecular formula is C19H21N3O5. The summed E-state index contributed by atoms with van der Waals surface area (Å²) in [5.41, 5.74) is 0.907. The zero-order chi connectivity index (χ0) is 20.0. The molecule has 0 unspecified atom stereocenters. The fourth-order valence-corrected chi connectivity index (χ4v) is 2.18. The van der Waals surface area contributed by atoms with Gasteiger partial charge in [0.05, 0.1) is 4.92 Å². The molecule has 0 aliphatic heterocycles. The third kappa shape index (κ3) is 6.43. The van der Waals surface area contributed by atoms with Crippen LogP contribution >= 0.6 is 0 Å². The Kier molecular flexibility index (Phi) is 6.12. The average molecular weight is 371 g/mol. The van der Waals surface area contributed by atoms with Crippen molar-refractivity contribution in [3.8, 4) is 0 Å². The number of rotatable bonds is 5. The number of hydrogen-bond donors (Lipinski definition) is 2. The molecule has 8 heteroatoms. The molecule has 0 aliphatic carbocycles. The summed E-state index contributed by atoms with van der Waals surface area (Å²) in [7, 11) is 0. The van der Waals surface area contributed by atoms with E-state index >= 15 is 0 Å². The van der Waals surface area contributed by atoms with Crippen LogP contribution in [0.25, 0.3) is 0 Å². The molecule has 0 aliphatic rings. The van der Waals surface area contributed by atoms with E-state index < -0.39 is 16.6 Å². The van der Waals surface area contributed by atoms with E-state index in [1.54, 1.807) is 51.1 Å². The number of ether oxygens (including phenoxy) is 1. The van der Waals surface area contributed by atoms with Gasteiger partial charge in [-0.2, -0.15) is 0 Å². The molecule has 2 N–H and O–H groups in total. The van der Waals surface area contributed by atoms with Gasteiger partial charge >= 0.3 is 6.09 Å². The zero-order valence-corrected chi connectivity index (χ0v) is 15.3. The van der Waals surface area contributed by atoms with E-state index in [1.165, 1.54) is 18.2 Å². The number of nitro benzene ring substituents is 1. The van der Waals surface area contributed by atoms with Gasteiger partial charge in [-0.05, 0) is 44.5 Å². The second-order valence-corrected chi connectivity index (χ2v) is 6.81. The van der Waals surface area contributed by atoms with Gasteiger partial charge in [-0.15, -0.1) is 0 Å². The molecule has 27 heavy (non-hydrogen) atoms. The third-order valence-corrected chi connectivity index (χ3v) is 3.37. The largest absolute Gasteiger partial charge is 0.444 e. The normalized spacial score (nSPS) is 10.8. The number of carbonyl (C=O) groups is 2. The molecule has 0 bridgehead atoms. The summed E-state index contributed by atoms with van der Waals surface area (Å²) in [4.78, 5) is 34.3. The van der Waals surface area contributed by atoms with Crippen molar-refractivity contribution < 1.29 is 19.2 Å². The molecule has 0 radical (unpaired) electrons. The van der Waals surface area contributed by atoms with E-state index in [0.717, 1.165) is 5.56 Å². The fraction of sp³-hybridized carbons (Fsp3) is 0.263. The predicted octanol–water partition coefficient (Wildman–Crippen LogP) is 3.87. The van der Waals surface area contributed by atoms with E-state index in [0.29, 0.717) is 11.3 Å². The van der Waals surface area contributed by atoms with Crippen molar-refractivity contribution in [3.05, 3.63) is 69.8 Å². The van der Waals surface area contributed by atoms with Crippen LogP contribution in [0.15, 0.2) is 48.5 Å². The first-order valence-corrected chi connectivity index (χ1v) is 8.26. The van der Waals surface area contributed by atoms with Crippen LogP contribution in [-0.4, -0.2) is 22.5 Å². The number of nitrogens with one attached hydrogen (secondary N) is 2. The molecule has 0 heterocycles. The van der Waals surface area contributed by atoms with Gasteiger partial charge < -0.3 is 10.1 Å². The van der Waals surface area contributed by atoms with E-state index in [1.807, 2.05) is 0 Å². The van der Waals surface area contributed by atoms with Crippen molar-refractivity contribution in [2.24, 2.45) is 0 Å². The number of benzene rings is 2. The highest BCUT2D eigenvalue weighted by atomic mass is 16.6. The molecule has 0 saturated carbocycles. The van der Waals surface area contributed by atoms with Crippen LogP contribution in [-0.2, 0) is 11.3 Å². The zero-order valence-electron chi connectivity index (χ0n) is 15.3. The van der Waals surface area contributed by atoms with Crippen LogP contribution in [0.4, 0.5) is 16.2 Å². The molecule has 2 aromatic rings. The van der Waals surface area contributed by atoms with Gasteiger partial charge in [-0.3, -0.25) is 20.2 Å². The monoisotopic (exact) mass is 371 g/mol. The van der Waals surface area contributed by atoms with Crippen molar-refractivity contribution in [2.75, 3.05) is 5.32 Å². The second-order valence-electron chi connectivity index (χ2n) is 6.81. The lowest BCUT2D eigenvalue weighted by atomic mass is 10.1. The van der Waals surface area contributed by atoms with Crippen LogP contribution < -0.4 is 10.6 Å². The lowest BCUT2D eigenvalue weighted by Gasteiger charge is -2.19. The van der Waals surface area contributed by atoms with Crippen molar-refractivity contribution in [1.29, 1.82) is 0 Å². The summed E-state index contributed by atoms with van der Waals surface area (Å²) >= 11 is 0. The number of hydrogen-bond acceptors (Lipinski definition) is 5. The average Bonchev–Trinajstić information content (AvgIpc) is 2.58. The number of nitro groups is 1. The molecular weight excluding hydrogens is 350 g/mol. The minimum atomic E-state index is -0.621. The first-order valence-electron chi connectivity index (χ1n) is 8.26. The summed E-state index contributed by atoms with van der Waals surface area (Å²) < 4.78 is 5.18. The molecule has 0 saturated heterocycles. The Balaban J connectivity index is 1.96. The Bertz CT molecular complexity index is 841. The summed E-state index contributed by atoms with van der Waals surface area (Å²) in [6, 6.07) is 12.4. The van der Waals surface area contributed by atoms with Crippen LogP contribution in [0, 0.1) is 10.1 Å². The van der Waals surface area contributed by atoms with Gasteiger partial charge in [-0.1, -0.05) is 18.2 Å². The van der Waals surface area contributed by atoms with E-state index in [-0.39, 0.29) is 18.1 Å². The maximum Gasteiger partial charge on any atom is 0.412 e.